The Morgan fingerprint density at radius 3 is 2.41 bits per heavy atom. The summed E-state index contributed by atoms with van der Waals surface area (Å²) in [5.74, 6) is 0.389. The summed E-state index contributed by atoms with van der Waals surface area (Å²) >= 11 is 0. The number of nitrogens with zero attached hydrogens (tertiary/aromatic N) is 2. The number of carbonyl (C=O) groups is 1. The number of hydrogen-bond acceptors (Lipinski definition) is 3. The van der Waals surface area contributed by atoms with Gasteiger partial charge in [0.25, 0.3) is 0 Å². The number of pyridine rings is 1. The normalized spacial score (nSPS) is 10.7. The van der Waals surface area contributed by atoms with Crippen molar-refractivity contribution < 1.29 is 19.0 Å². The minimum atomic E-state index is -1.08. The molecule has 0 spiro atoms. The average Bonchev–Trinajstić information content (AvgIpc) is 2.67. The molecule has 1 heterocycles. The molecule has 3 aromatic rings. The molecule has 1 N–H and O–H groups in total. The van der Waals surface area contributed by atoms with E-state index in [0.717, 1.165) is 27.8 Å². The van der Waals surface area contributed by atoms with Crippen molar-refractivity contribution in [3.8, 4) is 16.9 Å². The first-order valence-corrected chi connectivity index (χ1v) is 9.17. The molecule has 2 aromatic carbocycles. The van der Waals surface area contributed by atoms with Crippen molar-refractivity contribution in [1.29, 1.82) is 0 Å². The summed E-state index contributed by atoms with van der Waals surface area (Å²) in [4.78, 5) is 17.7. The number of benzene rings is 2. The van der Waals surface area contributed by atoms with E-state index in [9.17, 15) is 14.3 Å². The molecule has 0 fully saturated rings. The molecule has 0 bridgehead atoms. The third-order valence-electron chi connectivity index (χ3n) is 4.84. The zero-order valence-corrected chi connectivity index (χ0v) is 16.9. The fourth-order valence-corrected chi connectivity index (χ4v) is 3.38. The molecule has 0 atom stereocenters. The van der Waals surface area contributed by atoms with Gasteiger partial charge in [0.1, 0.15) is 11.6 Å². The van der Waals surface area contributed by atoms with Crippen LogP contribution >= 0.6 is 0 Å². The van der Waals surface area contributed by atoms with Crippen molar-refractivity contribution in [1.82, 2.24) is 4.98 Å². The van der Waals surface area contributed by atoms with E-state index < -0.39 is 6.09 Å². The standard InChI is InChI=1S/C23H23FN2O3/c1-14-9-18(17-5-7-19(24)8-6-17)11-20(10-14)26(23(27)28)13-21-16(3)22(29-4)15(2)12-25-21/h5-12H,13H2,1-4H3,(H,27,28). The Kier molecular flexibility index (Phi) is 5.82. The molecular formula is C23H23FN2O3. The fraction of sp³-hybridized carbons (Fsp3) is 0.217. The molecule has 0 saturated carbocycles. The number of anilines is 1. The van der Waals surface area contributed by atoms with Crippen LogP contribution in [0.5, 0.6) is 5.75 Å². The van der Waals surface area contributed by atoms with Gasteiger partial charge in [-0.15, -0.1) is 0 Å². The highest BCUT2D eigenvalue weighted by Gasteiger charge is 2.20. The summed E-state index contributed by atoms with van der Waals surface area (Å²) in [5, 5.41) is 9.87. The highest BCUT2D eigenvalue weighted by molar-refractivity contribution is 5.87. The minimum Gasteiger partial charge on any atom is -0.496 e. The number of amides is 1. The van der Waals surface area contributed by atoms with E-state index in [1.165, 1.54) is 17.0 Å². The number of ether oxygens (including phenoxy) is 1. The SMILES string of the molecule is COc1c(C)cnc(CN(C(=O)O)c2cc(C)cc(-c3ccc(F)cc3)c2)c1C. The monoisotopic (exact) mass is 394 g/mol. The van der Waals surface area contributed by atoms with Crippen LogP contribution in [0.2, 0.25) is 0 Å². The van der Waals surface area contributed by atoms with Crippen LogP contribution in [0.15, 0.2) is 48.7 Å². The largest absolute Gasteiger partial charge is 0.496 e. The molecular weight excluding hydrogens is 371 g/mol. The molecule has 6 heteroatoms. The van der Waals surface area contributed by atoms with Gasteiger partial charge < -0.3 is 9.84 Å². The quantitative estimate of drug-likeness (QED) is 0.620. The molecule has 1 aromatic heterocycles. The van der Waals surface area contributed by atoms with Gasteiger partial charge in [0.2, 0.25) is 0 Å². The summed E-state index contributed by atoms with van der Waals surface area (Å²) in [7, 11) is 1.59. The van der Waals surface area contributed by atoms with Crippen LogP contribution in [0.3, 0.4) is 0 Å². The van der Waals surface area contributed by atoms with Gasteiger partial charge in [-0.1, -0.05) is 18.2 Å². The molecule has 3 rings (SSSR count). The molecule has 0 aliphatic carbocycles. The maximum atomic E-state index is 13.3. The molecule has 0 saturated heterocycles. The lowest BCUT2D eigenvalue weighted by Crippen LogP contribution is -2.29. The van der Waals surface area contributed by atoms with E-state index >= 15 is 0 Å². The summed E-state index contributed by atoms with van der Waals surface area (Å²) in [6.45, 7) is 5.75. The Hall–Kier alpha value is -3.41. The lowest BCUT2D eigenvalue weighted by molar-refractivity contribution is 0.201. The van der Waals surface area contributed by atoms with Crippen molar-refractivity contribution in [3.05, 3.63) is 76.9 Å². The summed E-state index contributed by atoms with van der Waals surface area (Å²) < 4.78 is 18.7. The molecule has 0 radical (unpaired) electrons. The lowest BCUT2D eigenvalue weighted by Gasteiger charge is -2.22. The first-order valence-electron chi connectivity index (χ1n) is 9.17. The van der Waals surface area contributed by atoms with Crippen LogP contribution in [0.4, 0.5) is 14.9 Å². The topological polar surface area (TPSA) is 62.7 Å². The van der Waals surface area contributed by atoms with E-state index in [2.05, 4.69) is 4.98 Å². The maximum Gasteiger partial charge on any atom is 0.412 e. The number of methoxy groups -OCH3 is 1. The van der Waals surface area contributed by atoms with Crippen LogP contribution in [-0.2, 0) is 6.54 Å². The first-order chi connectivity index (χ1) is 13.8. The zero-order valence-electron chi connectivity index (χ0n) is 16.9. The smallest absolute Gasteiger partial charge is 0.412 e. The molecule has 0 aliphatic rings. The van der Waals surface area contributed by atoms with Crippen molar-refractivity contribution >= 4 is 11.8 Å². The third-order valence-corrected chi connectivity index (χ3v) is 4.84. The Labute approximate surface area is 169 Å². The van der Waals surface area contributed by atoms with Gasteiger partial charge in [0.05, 0.1) is 19.3 Å². The summed E-state index contributed by atoms with van der Waals surface area (Å²) in [6.07, 6.45) is 0.600. The highest BCUT2D eigenvalue weighted by atomic mass is 19.1. The second kappa shape index (κ2) is 8.31. The van der Waals surface area contributed by atoms with Crippen LogP contribution in [0, 0.1) is 26.6 Å². The second-order valence-electron chi connectivity index (χ2n) is 6.98. The van der Waals surface area contributed by atoms with Gasteiger partial charge in [-0.3, -0.25) is 9.88 Å². The maximum absolute atomic E-state index is 13.3. The highest BCUT2D eigenvalue weighted by Crippen LogP contribution is 2.30. The molecule has 5 nitrogen and oxygen atoms in total. The fourth-order valence-electron chi connectivity index (χ4n) is 3.38. The number of rotatable bonds is 5. The Balaban J connectivity index is 2.02. The predicted molar refractivity (Wildman–Crippen MR) is 111 cm³/mol. The van der Waals surface area contributed by atoms with Crippen LogP contribution < -0.4 is 9.64 Å². The molecule has 150 valence electrons. The van der Waals surface area contributed by atoms with E-state index in [1.807, 2.05) is 32.9 Å². The van der Waals surface area contributed by atoms with Crippen LogP contribution in [0.25, 0.3) is 11.1 Å². The molecule has 0 aliphatic heterocycles. The first kappa shape index (κ1) is 20.3. The third kappa shape index (κ3) is 4.37. The van der Waals surface area contributed by atoms with Gasteiger partial charge >= 0.3 is 6.09 Å². The van der Waals surface area contributed by atoms with Gasteiger partial charge in [-0.25, -0.2) is 9.18 Å². The number of hydrogen-bond donors (Lipinski definition) is 1. The van der Waals surface area contributed by atoms with Crippen LogP contribution in [0.1, 0.15) is 22.4 Å². The second-order valence-corrected chi connectivity index (χ2v) is 6.98. The summed E-state index contributed by atoms with van der Waals surface area (Å²) in [6, 6.07) is 11.7. The number of halogens is 1. The Bertz CT molecular complexity index is 1050. The zero-order chi connectivity index (χ0) is 21.1. The lowest BCUT2D eigenvalue weighted by atomic mass is 10.0. The van der Waals surface area contributed by atoms with Gasteiger partial charge in [0.15, 0.2) is 0 Å². The van der Waals surface area contributed by atoms with Crippen LogP contribution in [-0.4, -0.2) is 23.3 Å². The number of aryl methyl sites for hydroxylation is 2. The van der Waals surface area contributed by atoms with E-state index in [0.29, 0.717) is 17.1 Å². The van der Waals surface area contributed by atoms with Crippen molar-refractivity contribution in [2.45, 2.75) is 27.3 Å². The van der Waals surface area contributed by atoms with E-state index in [-0.39, 0.29) is 12.4 Å². The van der Waals surface area contributed by atoms with Crippen molar-refractivity contribution in [2.24, 2.45) is 0 Å². The molecule has 0 unspecified atom stereocenters. The minimum absolute atomic E-state index is 0.0874. The Morgan fingerprint density at radius 1 is 1.10 bits per heavy atom. The Morgan fingerprint density at radius 2 is 1.79 bits per heavy atom. The number of aromatic nitrogens is 1. The molecule has 29 heavy (non-hydrogen) atoms. The predicted octanol–water partition coefficient (Wildman–Crippen LogP) is 5.51. The van der Waals surface area contributed by atoms with Crippen molar-refractivity contribution in [3.63, 3.8) is 0 Å². The van der Waals surface area contributed by atoms with Crippen molar-refractivity contribution in [2.75, 3.05) is 12.0 Å². The van der Waals surface area contributed by atoms with Gasteiger partial charge in [-0.2, -0.15) is 0 Å². The number of carboxylic acid groups (broad SMARTS) is 1. The van der Waals surface area contributed by atoms with Gasteiger partial charge in [-0.05, 0) is 61.7 Å². The summed E-state index contributed by atoms with van der Waals surface area (Å²) in [5.41, 5.74) is 5.39. The molecule has 1 amide bonds. The van der Waals surface area contributed by atoms with E-state index in [4.69, 9.17) is 4.74 Å². The van der Waals surface area contributed by atoms with E-state index in [1.54, 1.807) is 31.5 Å². The van der Waals surface area contributed by atoms with Gasteiger partial charge in [0, 0.05) is 23.0 Å². The average molecular weight is 394 g/mol.